The number of benzene rings is 1. The Labute approximate surface area is 123 Å². The summed E-state index contributed by atoms with van der Waals surface area (Å²) in [6.45, 7) is 1.54. The molecule has 0 unspecified atom stereocenters. The Morgan fingerprint density at radius 2 is 2.10 bits per heavy atom. The lowest BCUT2D eigenvalue weighted by Crippen LogP contribution is -2.06. The molecule has 0 radical (unpaired) electrons. The van der Waals surface area contributed by atoms with Crippen molar-refractivity contribution in [3.63, 3.8) is 0 Å². The van der Waals surface area contributed by atoms with Crippen molar-refractivity contribution in [3.05, 3.63) is 41.7 Å². The molecule has 21 heavy (non-hydrogen) atoms. The Morgan fingerprint density at radius 3 is 2.71 bits per heavy atom. The number of hydrogen-bond acceptors (Lipinski definition) is 5. The van der Waals surface area contributed by atoms with E-state index in [2.05, 4.69) is 15.3 Å². The first-order chi connectivity index (χ1) is 9.97. The van der Waals surface area contributed by atoms with Crippen molar-refractivity contribution in [1.82, 2.24) is 9.97 Å². The highest BCUT2D eigenvalue weighted by Gasteiger charge is 2.13. The summed E-state index contributed by atoms with van der Waals surface area (Å²) in [5.74, 6) is -3.50. The average molecular weight is 311 g/mol. The van der Waals surface area contributed by atoms with Crippen LogP contribution in [-0.4, -0.2) is 26.8 Å². The van der Waals surface area contributed by atoms with Gasteiger partial charge in [-0.2, -0.15) is 8.78 Å². The van der Waals surface area contributed by atoms with E-state index in [-0.39, 0.29) is 11.5 Å². The van der Waals surface area contributed by atoms with Crippen LogP contribution in [0, 0.1) is 6.92 Å². The molecule has 0 amide bonds. The fourth-order valence-corrected chi connectivity index (χ4v) is 2.22. The molecule has 1 aromatic heterocycles. The third kappa shape index (κ3) is 3.88. The summed E-state index contributed by atoms with van der Waals surface area (Å²) in [6.07, 6.45) is 1.18. The van der Waals surface area contributed by atoms with Crippen LogP contribution in [0.5, 0.6) is 0 Å². The van der Waals surface area contributed by atoms with Crippen molar-refractivity contribution in [2.45, 2.75) is 17.6 Å². The van der Waals surface area contributed by atoms with Crippen LogP contribution in [0.1, 0.15) is 16.1 Å². The van der Waals surface area contributed by atoms with Crippen LogP contribution in [-0.2, 0) is 0 Å². The van der Waals surface area contributed by atoms with E-state index >= 15 is 0 Å². The number of carboxylic acid groups (broad SMARTS) is 1. The zero-order valence-corrected chi connectivity index (χ0v) is 11.7. The minimum absolute atomic E-state index is 0.00390. The molecule has 0 aliphatic heterocycles. The van der Waals surface area contributed by atoms with Gasteiger partial charge in [-0.1, -0.05) is 23.9 Å². The quantitative estimate of drug-likeness (QED) is 0.823. The van der Waals surface area contributed by atoms with Crippen molar-refractivity contribution >= 4 is 29.4 Å². The molecule has 0 saturated heterocycles. The van der Waals surface area contributed by atoms with Gasteiger partial charge in [-0.05, 0) is 19.1 Å². The first-order valence-corrected chi connectivity index (χ1v) is 6.73. The zero-order valence-electron chi connectivity index (χ0n) is 10.9. The number of aromatic nitrogens is 2. The lowest BCUT2D eigenvalue weighted by atomic mass is 10.2. The second-order valence-electron chi connectivity index (χ2n) is 4.00. The summed E-state index contributed by atoms with van der Waals surface area (Å²) in [7, 11) is 0. The molecular formula is C13H11F2N3O2S. The number of rotatable bonds is 5. The predicted octanol–water partition coefficient (Wildman–Crippen LogP) is 3.54. The smallest absolute Gasteiger partial charge is 0.339 e. The fourth-order valence-electron chi connectivity index (χ4n) is 1.63. The number of aromatic carboxylic acids is 1. The summed E-state index contributed by atoms with van der Waals surface area (Å²) in [6, 6.07) is 6.51. The maximum Gasteiger partial charge on any atom is 0.339 e. The highest BCUT2D eigenvalue weighted by molar-refractivity contribution is 7.99. The van der Waals surface area contributed by atoms with Crippen LogP contribution < -0.4 is 5.32 Å². The molecule has 1 aromatic carbocycles. The van der Waals surface area contributed by atoms with Crippen LogP contribution >= 0.6 is 11.8 Å². The van der Waals surface area contributed by atoms with E-state index in [1.54, 1.807) is 24.3 Å². The monoisotopic (exact) mass is 311 g/mol. The average Bonchev–Trinajstić information content (AvgIpc) is 2.40. The number of para-hydroxylation sites is 1. The highest BCUT2D eigenvalue weighted by Crippen LogP contribution is 2.32. The number of nitrogens with one attached hydrogen (secondary N) is 1. The van der Waals surface area contributed by atoms with Gasteiger partial charge in [0.15, 0.2) is 0 Å². The van der Waals surface area contributed by atoms with E-state index in [0.717, 1.165) is 0 Å². The molecule has 0 saturated carbocycles. The van der Waals surface area contributed by atoms with Gasteiger partial charge < -0.3 is 10.4 Å². The van der Waals surface area contributed by atoms with Crippen LogP contribution in [0.4, 0.5) is 20.4 Å². The van der Waals surface area contributed by atoms with Gasteiger partial charge in [0, 0.05) is 11.1 Å². The summed E-state index contributed by atoms with van der Waals surface area (Å²) >= 11 is 0.411. The van der Waals surface area contributed by atoms with Crippen molar-refractivity contribution in [2.75, 3.05) is 5.32 Å². The number of anilines is 2. The molecule has 2 N–H and O–H groups in total. The lowest BCUT2D eigenvalue weighted by Gasteiger charge is -2.10. The Kier molecular flexibility index (Phi) is 4.69. The van der Waals surface area contributed by atoms with E-state index in [4.69, 9.17) is 5.11 Å². The van der Waals surface area contributed by atoms with Crippen molar-refractivity contribution in [3.8, 4) is 0 Å². The molecule has 8 heteroatoms. The molecule has 0 aliphatic carbocycles. The number of carboxylic acids is 1. The minimum atomic E-state index is -2.54. The van der Waals surface area contributed by atoms with E-state index in [0.29, 0.717) is 28.0 Å². The zero-order chi connectivity index (χ0) is 15.4. The van der Waals surface area contributed by atoms with Crippen molar-refractivity contribution in [1.29, 1.82) is 0 Å². The summed E-state index contributed by atoms with van der Waals surface area (Å²) in [5.41, 5.74) is 0.722. The summed E-state index contributed by atoms with van der Waals surface area (Å²) in [4.78, 5) is 19.1. The SMILES string of the molecule is Cc1nc(Nc2ccccc2SC(F)F)ncc1C(=O)O. The normalized spacial score (nSPS) is 10.7. The van der Waals surface area contributed by atoms with Gasteiger partial charge in [0.05, 0.1) is 16.9 Å². The maximum absolute atomic E-state index is 12.5. The number of nitrogens with zero attached hydrogens (tertiary/aromatic N) is 2. The van der Waals surface area contributed by atoms with E-state index in [9.17, 15) is 13.6 Å². The molecule has 0 aliphatic rings. The Morgan fingerprint density at radius 1 is 1.38 bits per heavy atom. The van der Waals surface area contributed by atoms with E-state index in [1.807, 2.05) is 0 Å². The van der Waals surface area contributed by atoms with Gasteiger partial charge in [0.2, 0.25) is 5.95 Å². The standard InChI is InChI=1S/C13H11F2N3O2S/c1-7-8(11(19)20)6-16-13(17-7)18-9-4-2-3-5-10(9)21-12(14)15/h2-6,12H,1H3,(H,19,20)(H,16,17,18). The molecule has 2 rings (SSSR count). The lowest BCUT2D eigenvalue weighted by molar-refractivity contribution is 0.0695. The second-order valence-corrected chi connectivity index (χ2v) is 5.03. The van der Waals surface area contributed by atoms with Gasteiger partial charge in [0.25, 0.3) is 5.76 Å². The molecule has 1 heterocycles. The molecule has 5 nitrogen and oxygen atoms in total. The fraction of sp³-hybridized carbons (Fsp3) is 0.154. The third-order valence-electron chi connectivity index (χ3n) is 2.56. The van der Waals surface area contributed by atoms with Gasteiger partial charge in [-0.15, -0.1) is 0 Å². The molecule has 110 valence electrons. The van der Waals surface area contributed by atoms with Crippen LogP contribution in [0.3, 0.4) is 0 Å². The van der Waals surface area contributed by atoms with Crippen LogP contribution in [0.15, 0.2) is 35.4 Å². The third-order valence-corrected chi connectivity index (χ3v) is 3.35. The molecule has 0 atom stereocenters. The number of thioether (sulfide) groups is 1. The number of alkyl halides is 2. The number of hydrogen-bond donors (Lipinski definition) is 2. The highest BCUT2D eigenvalue weighted by atomic mass is 32.2. The molecule has 2 aromatic rings. The minimum Gasteiger partial charge on any atom is -0.478 e. The van der Waals surface area contributed by atoms with Crippen LogP contribution in [0.2, 0.25) is 0 Å². The van der Waals surface area contributed by atoms with Gasteiger partial charge in [-0.25, -0.2) is 14.8 Å². The first kappa shape index (κ1) is 15.2. The molecule has 0 spiro atoms. The van der Waals surface area contributed by atoms with Crippen molar-refractivity contribution in [2.24, 2.45) is 0 Å². The van der Waals surface area contributed by atoms with E-state index < -0.39 is 11.7 Å². The largest absolute Gasteiger partial charge is 0.478 e. The number of aryl methyl sites for hydroxylation is 1. The Hall–Kier alpha value is -2.22. The van der Waals surface area contributed by atoms with E-state index in [1.165, 1.54) is 13.1 Å². The van der Waals surface area contributed by atoms with Crippen molar-refractivity contribution < 1.29 is 18.7 Å². The molecular weight excluding hydrogens is 300 g/mol. The Balaban J connectivity index is 2.26. The van der Waals surface area contributed by atoms with Gasteiger partial charge >= 0.3 is 5.97 Å². The topological polar surface area (TPSA) is 75.1 Å². The van der Waals surface area contributed by atoms with Gasteiger partial charge in [0.1, 0.15) is 0 Å². The van der Waals surface area contributed by atoms with Crippen LogP contribution in [0.25, 0.3) is 0 Å². The second kappa shape index (κ2) is 6.49. The summed E-state index contributed by atoms with van der Waals surface area (Å²) < 4.78 is 25.0. The summed E-state index contributed by atoms with van der Waals surface area (Å²) in [5, 5.41) is 11.7. The molecule has 0 fully saturated rings. The first-order valence-electron chi connectivity index (χ1n) is 5.85. The number of carbonyl (C=O) groups is 1. The Bertz CT molecular complexity index is 668. The number of halogens is 2. The van der Waals surface area contributed by atoms with Gasteiger partial charge in [-0.3, -0.25) is 0 Å². The molecule has 0 bridgehead atoms. The maximum atomic E-state index is 12.5. The predicted molar refractivity (Wildman–Crippen MR) is 75.3 cm³/mol.